The van der Waals surface area contributed by atoms with Crippen LogP contribution in [-0.2, 0) is 0 Å². The van der Waals surface area contributed by atoms with Gasteiger partial charge in [-0.3, -0.25) is 0 Å². The molecule has 1 aliphatic rings. The molecular weight excluding hydrogens is 273 g/mol. The largest absolute Gasteiger partial charge is 0.310 e. The van der Waals surface area contributed by atoms with Crippen LogP contribution in [-0.4, -0.2) is 6.54 Å². The first-order valence-electron chi connectivity index (χ1n) is 7.69. The Morgan fingerprint density at radius 2 is 1.90 bits per heavy atom. The van der Waals surface area contributed by atoms with Gasteiger partial charge in [0.05, 0.1) is 0 Å². The van der Waals surface area contributed by atoms with Crippen LogP contribution in [0.5, 0.6) is 0 Å². The van der Waals surface area contributed by atoms with Crippen LogP contribution >= 0.6 is 11.6 Å². The predicted octanol–water partition coefficient (Wildman–Crippen LogP) is 5.20. The molecular formula is C17H25ClFN. The van der Waals surface area contributed by atoms with E-state index in [1.54, 1.807) is 6.07 Å². The van der Waals surface area contributed by atoms with E-state index in [4.69, 9.17) is 11.6 Å². The van der Waals surface area contributed by atoms with Crippen LogP contribution in [0.15, 0.2) is 18.2 Å². The van der Waals surface area contributed by atoms with Gasteiger partial charge in [-0.1, -0.05) is 38.4 Å². The molecule has 1 saturated carbocycles. The zero-order chi connectivity index (χ0) is 14.7. The molecule has 3 heteroatoms. The molecule has 0 saturated heterocycles. The minimum Gasteiger partial charge on any atom is -0.310 e. The molecule has 0 spiro atoms. The van der Waals surface area contributed by atoms with Crippen molar-refractivity contribution >= 4 is 11.6 Å². The summed E-state index contributed by atoms with van der Waals surface area (Å²) in [5, 5.41) is 3.95. The summed E-state index contributed by atoms with van der Waals surface area (Å²) in [6.45, 7) is 7.55. The maximum atomic E-state index is 14.2. The van der Waals surface area contributed by atoms with E-state index in [-0.39, 0.29) is 11.9 Å². The molecule has 1 aromatic carbocycles. The van der Waals surface area contributed by atoms with E-state index in [1.807, 2.05) is 6.07 Å². The Morgan fingerprint density at radius 1 is 1.25 bits per heavy atom. The van der Waals surface area contributed by atoms with Crippen LogP contribution < -0.4 is 5.32 Å². The normalized spacial score (nSPS) is 28.4. The molecule has 0 bridgehead atoms. The van der Waals surface area contributed by atoms with E-state index in [1.165, 1.54) is 25.3 Å². The average molecular weight is 298 g/mol. The van der Waals surface area contributed by atoms with Crippen LogP contribution in [0.2, 0.25) is 5.02 Å². The standard InChI is InChI=1S/C17H25ClFN/c1-4-20-17(13-8-11(2)7-12(3)9-13)15-6-5-14(18)10-16(15)19/h5-6,10-13,17,20H,4,7-9H2,1-3H3. The van der Waals surface area contributed by atoms with E-state index in [0.717, 1.165) is 23.9 Å². The first-order chi connectivity index (χ1) is 9.51. The Bertz CT molecular complexity index is 439. The smallest absolute Gasteiger partial charge is 0.129 e. The van der Waals surface area contributed by atoms with Gasteiger partial charge in [0.1, 0.15) is 5.82 Å². The third-order valence-electron chi connectivity index (χ3n) is 4.41. The quantitative estimate of drug-likeness (QED) is 0.805. The van der Waals surface area contributed by atoms with Crippen LogP contribution in [0.3, 0.4) is 0 Å². The number of hydrogen-bond donors (Lipinski definition) is 1. The summed E-state index contributed by atoms with van der Waals surface area (Å²) < 4.78 is 14.2. The second-order valence-electron chi connectivity index (χ2n) is 6.38. The molecule has 1 aromatic rings. The minimum atomic E-state index is -0.186. The summed E-state index contributed by atoms with van der Waals surface area (Å²) >= 11 is 5.87. The molecule has 0 radical (unpaired) electrons. The van der Waals surface area contributed by atoms with Crippen molar-refractivity contribution in [3.8, 4) is 0 Å². The van der Waals surface area contributed by atoms with Gasteiger partial charge in [0.25, 0.3) is 0 Å². The Labute approximate surface area is 126 Å². The van der Waals surface area contributed by atoms with Crippen LogP contribution in [0.4, 0.5) is 4.39 Å². The topological polar surface area (TPSA) is 12.0 Å². The highest BCUT2D eigenvalue weighted by atomic mass is 35.5. The fourth-order valence-corrected chi connectivity index (χ4v) is 3.94. The molecule has 1 nitrogen and oxygen atoms in total. The van der Waals surface area contributed by atoms with Gasteiger partial charge < -0.3 is 5.32 Å². The Kier molecular flexibility index (Phi) is 5.45. The molecule has 0 aliphatic heterocycles. The second-order valence-corrected chi connectivity index (χ2v) is 6.82. The Balaban J connectivity index is 2.25. The van der Waals surface area contributed by atoms with Gasteiger partial charge in [0.15, 0.2) is 0 Å². The van der Waals surface area contributed by atoms with Crippen molar-refractivity contribution in [2.75, 3.05) is 6.54 Å². The monoisotopic (exact) mass is 297 g/mol. The second kappa shape index (κ2) is 6.91. The highest BCUT2D eigenvalue weighted by Gasteiger charge is 2.31. The first-order valence-corrected chi connectivity index (χ1v) is 8.07. The maximum Gasteiger partial charge on any atom is 0.129 e. The Hall–Kier alpha value is -0.600. The lowest BCUT2D eigenvalue weighted by Gasteiger charge is -2.37. The molecule has 1 N–H and O–H groups in total. The van der Waals surface area contributed by atoms with Crippen molar-refractivity contribution in [2.45, 2.75) is 46.1 Å². The summed E-state index contributed by atoms with van der Waals surface area (Å²) in [5.74, 6) is 1.76. The molecule has 0 heterocycles. The van der Waals surface area contributed by atoms with Crippen molar-refractivity contribution < 1.29 is 4.39 Å². The summed E-state index contributed by atoms with van der Waals surface area (Å²) in [4.78, 5) is 0. The molecule has 0 aromatic heterocycles. The maximum absolute atomic E-state index is 14.2. The fraction of sp³-hybridized carbons (Fsp3) is 0.647. The molecule has 0 amide bonds. The van der Waals surface area contributed by atoms with E-state index in [2.05, 4.69) is 26.1 Å². The Morgan fingerprint density at radius 3 is 2.45 bits per heavy atom. The molecule has 112 valence electrons. The molecule has 1 fully saturated rings. The van der Waals surface area contributed by atoms with Crippen molar-refractivity contribution in [1.82, 2.24) is 5.32 Å². The third kappa shape index (κ3) is 3.73. The average Bonchev–Trinajstić information content (AvgIpc) is 2.35. The first kappa shape index (κ1) is 15.8. The summed E-state index contributed by atoms with van der Waals surface area (Å²) in [7, 11) is 0. The molecule has 2 rings (SSSR count). The van der Waals surface area contributed by atoms with E-state index in [0.29, 0.717) is 10.9 Å². The van der Waals surface area contributed by atoms with Gasteiger partial charge in [-0.25, -0.2) is 4.39 Å². The van der Waals surface area contributed by atoms with Gasteiger partial charge in [0.2, 0.25) is 0 Å². The number of benzene rings is 1. The molecule has 1 aliphatic carbocycles. The fourth-order valence-electron chi connectivity index (χ4n) is 3.79. The van der Waals surface area contributed by atoms with Crippen molar-refractivity contribution in [3.63, 3.8) is 0 Å². The van der Waals surface area contributed by atoms with E-state index < -0.39 is 0 Å². The molecule has 20 heavy (non-hydrogen) atoms. The van der Waals surface area contributed by atoms with Gasteiger partial charge in [-0.2, -0.15) is 0 Å². The number of hydrogen-bond acceptors (Lipinski definition) is 1. The van der Waals surface area contributed by atoms with Crippen molar-refractivity contribution in [1.29, 1.82) is 0 Å². The van der Waals surface area contributed by atoms with Gasteiger partial charge in [-0.15, -0.1) is 0 Å². The minimum absolute atomic E-state index is 0.0995. The lowest BCUT2D eigenvalue weighted by atomic mass is 9.72. The lowest BCUT2D eigenvalue weighted by molar-refractivity contribution is 0.175. The zero-order valence-corrected chi connectivity index (χ0v) is 13.4. The van der Waals surface area contributed by atoms with E-state index in [9.17, 15) is 4.39 Å². The van der Waals surface area contributed by atoms with Crippen LogP contribution in [0.25, 0.3) is 0 Å². The highest BCUT2D eigenvalue weighted by molar-refractivity contribution is 6.30. The van der Waals surface area contributed by atoms with E-state index >= 15 is 0 Å². The highest BCUT2D eigenvalue weighted by Crippen LogP contribution is 2.40. The summed E-state index contributed by atoms with van der Waals surface area (Å²) in [6.07, 6.45) is 3.63. The van der Waals surface area contributed by atoms with Crippen molar-refractivity contribution in [3.05, 3.63) is 34.6 Å². The predicted molar refractivity (Wildman–Crippen MR) is 83.5 cm³/mol. The van der Waals surface area contributed by atoms with Crippen LogP contribution in [0, 0.1) is 23.6 Å². The van der Waals surface area contributed by atoms with Crippen LogP contribution in [0.1, 0.15) is 51.6 Å². The van der Waals surface area contributed by atoms with Gasteiger partial charge >= 0.3 is 0 Å². The number of rotatable bonds is 4. The SMILES string of the molecule is CCNC(c1ccc(Cl)cc1F)C1CC(C)CC(C)C1. The van der Waals surface area contributed by atoms with Crippen molar-refractivity contribution in [2.24, 2.45) is 17.8 Å². The third-order valence-corrected chi connectivity index (χ3v) is 4.64. The zero-order valence-electron chi connectivity index (χ0n) is 12.6. The van der Waals surface area contributed by atoms with Gasteiger partial charge in [0, 0.05) is 16.6 Å². The summed E-state index contributed by atoms with van der Waals surface area (Å²) in [5.41, 5.74) is 0.766. The molecule has 3 unspecified atom stereocenters. The molecule has 3 atom stereocenters. The summed E-state index contributed by atoms with van der Waals surface area (Å²) in [6, 6.07) is 5.16. The number of halogens is 2. The lowest BCUT2D eigenvalue weighted by Crippen LogP contribution is -2.33. The van der Waals surface area contributed by atoms with Gasteiger partial charge in [-0.05, 0) is 55.7 Å². The number of nitrogens with one attached hydrogen (secondary N) is 1.